The predicted octanol–water partition coefficient (Wildman–Crippen LogP) is 4.50. The lowest BCUT2D eigenvalue weighted by Crippen LogP contribution is -2.26. The number of hydrogen-bond acceptors (Lipinski definition) is 2. The highest BCUT2D eigenvalue weighted by Crippen LogP contribution is 2.21. The van der Waals surface area contributed by atoms with Gasteiger partial charge in [-0.2, -0.15) is 11.8 Å². The van der Waals surface area contributed by atoms with Crippen molar-refractivity contribution >= 4 is 27.7 Å². The molecule has 1 aliphatic rings. The van der Waals surface area contributed by atoms with E-state index in [-0.39, 0.29) is 0 Å². The monoisotopic (exact) mass is 341 g/mol. The minimum Gasteiger partial charge on any atom is -0.314 e. The van der Waals surface area contributed by atoms with Crippen molar-refractivity contribution in [1.29, 1.82) is 0 Å². The van der Waals surface area contributed by atoms with Gasteiger partial charge in [-0.05, 0) is 67.3 Å². The molecular formula is C16H24BrNS. The third-order valence-electron chi connectivity index (χ3n) is 3.58. The highest BCUT2D eigenvalue weighted by molar-refractivity contribution is 9.10. The summed E-state index contributed by atoms with van der Waals surface area (Å²) >= 11 is 5.57. The van der Waals surface area contributed by atoms with Gasteiger partial charge in [0.2, 0.25) is 0 Å². The van der Waals surface area contributed by atoms with E-state index in [1.54, 1.807) is 0 Å². The minimum atomic E-state index is 0.779. The van der Waals surface area contributed by atoms with Gasteiger partial charge in [0.05, 0.1) is 0 Å². The quantitative estimate of drug-likeness (QED) is 0.663. The first-order chi connectivity index (χ1) is 9.28. The number of hydrogen-bond donors (Lipinski definition) is 1. The first kappa shape index (κ1) is 15.4. The second kappa shape index (κ2) is 8.33. The second-order valence-electron chi connectivity index (χ2n) is 5.36. The van der Waals surface area contributed by atoms with Crippen LogP contribution in [0.5, 0.6) is 0 Å². The lowest BCUT2D eigenvalue weighted by atomic mass is 9.97. The van der Waals surface area contributed by atoms with E-state index >= 15 is 0 Å². The van der Waals surface area contributed by atoms with Gasteiger partial charge in [0.15, 0.2) is 0 Å². The molecule has 19 heavy (non-hydrogen) atoms. The fraction of sp³-hybridized carbons (Fsp3) is 0.625. The van der Waals surface area contributed by atoms with Crippen LogP contribution in [-0.2, 0) is 6.42 Å². The Morgan fingerprint density at radius 3 is 2.68 bits per heavy atom. The van der Waals surface area contributed by atoms with Crippen molar-refractivity contribution in [3.63, 3.8) is 0 Å². The Bertz CT molecular complexity index is 362. The third-order valence-corrected chi connectivity index (χ3v) is 5.05. The van der Waals surface area contributed by atoms with E-state index in [0.29, 0.717) is 0 Å². The molecule has 0 aliphatic heterocycles. The largest absolute Gasteiger partial charge is 0.314 e. The molecule has 0 heterocycles. The summed E-state index contributed by atoms with van der Waals surface area (Å²) in [6.45, 7) is 3.43. The molecule has 1 saturated carbocycles. The highest BCUT2D eigenvalue weighted by Gasteiger charge is 2.21. The second-order valence-corrected chi connectivity index (χ2v) is 7.67. The smallest absolute Gasteiger partial charge is 0.0175 e. The molecule has 1 fully saturated rings. The van der Waals surface area contributed by atoms with Gasteiger partial charge >= 0.3 is 0 Å². The zero-order chi connectivity index (χ0) is 13.5. The standard InChI is InChI=1S/C16H24BrNS/c1-2-19-10-9-14(12-18-16-7-8-16)11-13-3-5-15(17)6-4-13/h3-6,14,16,18H,2,7-12H2,1H3. The van der Waals surface area contributed by atoms with Crippen LogP contribution in [0.1, 0.15) is 31.7 Å². The van der Waals surface area contributed by atoms with Gasteiger partial charge < -0.3 is 5.32 Å². The SMILES string of the molecule is CCSCCC(CNC1CC1)Cc1ccc(Br)cc1. The maximum atomic E-state index is 3.70. The van der Waals surface area contributed by atoms with Crippen LogP contribution in [0.25, 0.3) is 0 Å². The van der Waals surface area contributed by atoms with Crippen LogP contribution >= 0.6 is 27.7 Å². The highest BCUT2D eigenvalue weighted by atomic mass is 79.9. The average Bonchev–Trinajstić information content (AvgIpc) is 3.23. The lowest BCUT2D eigenvalue weighted by Gasteiger charge is -2.17. The van der Waals surface area contributed by atoms with Crippen LogP contribution in [0.2, 0.25) is 0 Å². The number of benzene rings is 1. The molecular weight excluding hydrogens is 318 g/mol. The minimum absolute atomic E-state index is 0.779. The van der Waals surface area contributed by atoms with E-state index in [9.17, 15) is 0 Å². The topological polar surface area (TPSA) is 12.0 Å². The van der Waals surface area contributed by atoms with E-state index in [2.05, 4.69) is 64.2 Å². The Kier molecular flexibility index (Phi) is 6.75. The van der Waals surface area contributed by atoms with E-state index in [4.69, 9.17) is 0 Å². The molecule has 0 spiro atoms. The molecule has 1 aliphatic carbocycles. The van der Waals surface area contributed by atoms with Crippen LogP contribution in [0, 0.1) is 5.92 Å². The van der Waals surface area contributed by atoms with Crippen LogP contribution in [0.3, 0.4) is 0 Å². The molecule has 0 bridgehead atoms. The summed E-state index contributed by atoms with van der Waals surface area (Å²) in [6.07, 6.45) is 5.30. The Balaban J connectivity index is 1.81. The zero-order valence-electron chi connectivity index (χ0n) is 11.7. The van der Waals surface area contributed by atoms with Crippen LogP contribution in [0.15, 0.2) is 28.7 Å². The van der Waals surface area contributed by atoms with E-state index < -0.39 is 0 Å². The fourth-order valence-corrected chi connectivity index (χ4v) is 3.30. The molecule has 0 amide bonds. The van der Waals surface area contributed by atoms with E-state index in [1.807, 2.05) is 0 Å². The van der Waals surface area contributed by atoms with Gasteiger partial charge in [0.1, 0.15) is 0 Å². The number of halogens is 1. The average molecular weight is 342 g/mol. The third kappa shape index (κ3) is 6.33. The molecule has 1 nitrogen and oxygen atoms in total. The van der Waals surface area contributed by atoms with Crippen molar-refractivity contribution in [2.75, 3.05) is 18.1 Å². The normalized spacial score (nSPS) is 16.5. The van der Waals surface area contributed by atoms with E-state index in [0.717, 1.165) is 12.0 Å². The summed E-state index contributed by atoms with van der Waals surface area (Å²) in [5, 5.41) is 3.70. The summed E-state index contributed by atoms with van der Waals surface area (Å²) in [5.41, 5.74) is 1.47. The molecule has 1 atom stereocenters. The van der Waals surface area contributed by atoms with Gasteiger partial charge in [-0.3, -0.25) is 0 Å². The summed E-state index contributed by atoms with van der Waals surface area (Å²) in [5.74, 6) is 3.31. The molecule has 3 heteroatoms. The van der Waals surface area contributed by atoms with Crippen LogP contribution in [0.4, 0.5) is 0 Å². The van der Waals surface area contributed by atoms with E-state index in [1.165, 1.54) is 53.8 Å². The van der Waals surface area contributed by atoms with Crippen molar-refractivity contribution in [3.8, 4) is 0 Å². The van der Waals surface area contributed by atoms with Gasteiger partial charge in [0.25, 0.3) is 0 Å². The lowest BCUT2D eigenvalue weighted by molar-refractivity contribution is 0.461. The van der Waals surface area contributed by atoms with Crippen molar-refractivity contribution in [2.24, 2.45) is 5.92 Å². The summed E-state index contributed by atoms with van der Waals surface area (Å²) in [7, 11) is 0. The molecule has 1 aromatic carbocycles. The molecule has 0 aromatic heterocycles. The Labute approximate surface area is 130 Å². The Morgan fingerprint density at radius 1 is 1.32 bits per heavy atom. The summed E-state index contributed by atoms with van der Waals surface area (Å²) in [6, 6.07) is 9.64. The molecule has 0 saturated heterocycles. The molecule has 0 radical (unpaired) electrons. The summed E-state index contributed by atoms with van der Waals surface area (Å²) < 4.78 is 1.17. The maximum absolute atomic E-state index is 3.70. The van der Waals surface area contributed by atoms with Crippen molar-refractivity contribution < 1.29 is 0 Å². The molecule has 1 unspecified atom stereocenters. The number of rotatable bonds is 9. The fourth-order valence-electron chi connectivity index (χ4n) is 2.25. The number of nitrogens with one attached hydrogen (secondary N) is 1. The first-order valence-electron chi connectivity index (χ1n) is 7.33. The van der Waals surface area contributed by atoms with Crippen molar-refractivity contribution in [2.45, 2.75) is 38.6 Å². The zero-order valence-corrected chi connectivity index (χ0v) is 14.1. The summed E-state index contributed by atoms with van der Waals surface area (Å²) in [4.78, 5) is 0. The van der Waals surface area contributed by atoms with Gasteiger partial charge in [-0.1, -0.05) is 35.0 Å². The van der Waals surface area contributed by atoms with Gasteiger partial charge in [-0.15, -0.1) is 0 Å². The van der Waals surface area contributed by atoms with Gasteiger partial charge in [-0.25, -0.2) is 0 Å². The molecule has 106 valence electrons. The number of thioether (sulfide) groups is 1. The van der Waals surface area contributed by atoms with Crippen molar-refractivity contribution in [3.05, 3.63) is 34.3 Å². The molecule has 1 N–H and O–H groups in total. The first-order valence-corrected chi connectivity index (χ1v) is 9.28. The van der Waals surface area contributed by atoms with Crippen LogP contribution < -0.4 is 5.32 Å². The molecule has 1 aromatic rings. The Morgan fingerprint density at radius 2 is 2.05 bits per heavy atom. The maximum Gasteiger partial charge on any atom is 0.0175 e. The van der Waals surface area contributed by atoms with Crippen LogP contribution in [-0.4, -0.2) is 24.1 Å². The van der Waals surface area contributed by atoms with Gasteiger partial charge in [0, 0.05) is 10.5 Å². The Hall–Kier alpha value is 0.01000. The molecule has 2 rings (SSSR count). The van der Waals surface area contributed by atoms with Crippen molar-refractivity contribution in [1.82, 2.24) is 5.32 Å². The predicted molar refractivity (Wildman–Crippen MR) is 90.0 cm³/mol.